The highest BCUT2D eigenvalue weighted by Crippen LogP contribution is 2.15. The molecule has 1 N–H and O–H groups in total. The van der Waals surface area contributed by atoms with E-state index in [2.05, 4.69) is 19.4 Å². The minimum atomic E-state index is -3.62. The number of alkyl halides is 2. The van der Waals surface area contributed by atoms with Gasteiger partial charge in [0, 0.05) is 13.1 Å². The standard InChI is InChI=1S/C9H14F2N4O3S/c10-8(11)9-13-7(18-14-9)6-12-19(16,17)15-4-2-1-3-5-15/h8,12H,1-6H2. The van der Waals surface area contributed by atoms with Crippen molar-refractivity contribution < 1.29 is 21.7 Å². The summed E-state index contributed by atoms with van der Waals surface area (Å²) in [4.78, 5) is 3.38. The molecule has 1 aromatic rings. The first-order valence-electron chi connectivity index (χ1n) is 5.84. The largest absolute Gasteiger partial charge is 0.338 e. The predicted octanol–water partition coefficient (Wildman–Crippen LogP) is 0.828. The van der Waals surface area contributed by atoms with Crippen molar-refractivity contribution in [3.63, 3.8) is 0 Å². The van der Waals surface area contributed by atoms with Gasteiger partial charge in [-0.25, -0.2) is 8.78 Å². The van der Waals surface area contributed by atoms with Crippen molar-refractivity contribution in [2.75, 3.05) is 13.1 Å². The summed E-state index contributed by atoms with van der Waals surface area (Å²) < 4.78 is 56.3. The number of halogens is 2. The van der Waals surface area contributed by atoms with Crippen LogP contribution >= 0.6 is 0 Å². The van der Waals surface area contributed by atoms with E-state index < -0.39 is 22.5 Å². The Morgan fingerprint density at radius 2 is 2.00 bits per heavy atom. The molecule has 7 nitrogen and oxygen atoms in total. The van der Waals surface area contributed by atoms with Gasteiger partial charge in [0.15, 0.2) is 0 Å². The Kier molecular flexibility index (Phi) is 4.42. The fraction of sp³-hybridized carbons (Fsp3) is 0.778. The summed E-state index contributed by atoms with van der Waals surface area (Å²) in [5.74, 6) is -0.928. The summed E-state index contributed by atoms with van der Waals surface area (Å²) in [5.41, 5.74) is 0. The Balaban J connectivity index is 1.93. The average molecular weight is 296 g/mol. The molecule has 0 aliphatic carbocycles. The van der Waals surface area contributed by atoms with Crippen molar-refractivity contribution in [2.45, 2.75) is 32.2 Å². The maximum atomic E-state index is 12.2. The van der Waals surface area contributed by atoms with E-state index in [0.29, 0.717) is 13.1 Å². The van der Waals surface area contributed by atoms with E-state index in [0.717, 1.165) is 19.3 Å². The van der Waals surface area contributed by atoms with Crippen molar-refractivity contribution in [2.24, 2.45) is 0 Å². The van der Waals surface area contributed by atoms with Crippen LogP contribution in [-0.4, -0.2) is 36.0 Å². The summed E-state index contributed by atoms with van der Waals surface area (Å²) in [7, 11) is -3.62. The Morgan fingerprint density at radius 3 is 2.58 bits per heavy atom. The molecule has 1 aliphatic heterocycles. The average Bonchev–Trinajstić information content (AvgIpc) is 2.87. The lowest BCUT2D eigenvalue weighted by molar-refractivity contribution is 0.136. The molecule has 0 amide bonds. The second-order valence-corrected chi connectivity index (χ2v) is 5.89. The molecular weight excluding hydrogens is 282 g/mol. The molecule has 1 fully saturated rings. The number of hydrogen-bond acceptors (Lipinski definition) is 5. The zero-order valence-electron chi connectivity index (χ0n) is 10.1. The first-order chi connectivity index (χ1) is 8.99. The molecule has 108 valence electrons. The molecule has 1 aromatic heterocycles. The molecule has 0 bridgehead atoms. The van der Waals surface area contributed by atoms with Crippen molar-refractivity contribution in [1.82, 2.24) is 19.2 Å². The third-order valence-corrected chi connectivity index (χ3v) is 4.29. The third-order valence-electron chi connectivity index (χ3n) is 2.74. The van der Waals surface area contributed by atoms with Gasteiger partial charge in [0.05, 0.1) is 6.54 Å². The first-order valence-corrected chi connectivity index (χ1v) is 7.28. The minimum Gasteiger partial charge on any atom is -0.338 e. The van der Waals surface area contributed by atoms with Crippen molar-refractivity contribution in [3.8, 4) is 0 Å². The smallest absolute Gasteiger partial charge is 0.300 e. The van der Waals surface area contributed by atoms with Gasteiger partial charge < -0.3 is 4.52 Å². The van der Waals surface area contributed by atoms with E-state index in [1.54, 1.807) is 0 Å². The van der Waals surface area contributed by atoms with Crippen LogP contribution in [0.5, 0.6) is 0 Å². The number of rotatable bonds is 5. The van der Waals surface area contributed by atoms with Crippen molar-refractivity contribution >= 4 is 10.2 Å². The van der Waals surface area contributed by atoms with Gasteiger partial charge in [-0.05, 0) is 12.8 Å². The van der Waals surface area contributed by atoms with Gasteiger partial charge in [0.2, 0.25) is 11.7 Å². The molecule has 2 heterocycles. The van der Waals surface area contributed by atoms with Crippen LogP contribution in [-0.2, 0) is 16.8 Å². The molecule has 0 spiro atoms. The maximum absolute atomic E-state index is 12.2. The van der Waals surface area contributed by atoms with Gasteiger partial charge in [0.25, 0.3) is 10.2 Å². The molecule has 0 radical (unpaired) electrons. The van der Waals surface area contributed by atoms with E-state index in [-0.39, 0.29) is 12.4 Å². The van der Waals surface area contributed by atoms with Crippen LogP contribution < -0.4 is 4.72 Å². The molecule has 2 rings (SSSR count). The molecule has 0 aromatic carbocycles. The normalized spacial score (nSPS) is 18.1. The van der Waals surface area contributed by atoms with Crippen LogP contribution in [0, 0.1) is 0 Å². The quantitative estimate of drug-likeness (QED) is 0.869. The summed E-state index contributed by atoms with van der Waals surface area (Å²) in [6.07, 6.45) is -0.197. The highest BCUT2D eigenvalue weighted by molar-refractivity contribution is 7.87. The summed E-state index contributed by atoms with van der Waals surface area (Å²) in [6.45, 7) is 0.626. The van der Waals surface area contributed by atoms with Gasteiger partial charge in [-0.2, -0.15) is 22.4 Å². The molecule has 1 aliphatic rings. The number of piperidine rings is 1. The monoisotopic (exact) mass is 296 g/mol. The lowest BCUT2D eigenvalue weighted by Crippen LogP contribution is -2.43. The Labute approximate surface area is 109 Å². The van der Waals surface area contributed by atoms with Crippen LogP contribution in [0.1, 0.15) is 37.4 Å². The molecule has 0 atom stereocenters. The Morgan fingerprint density at radius 1 is 1.32 bits per heavy atom. The van der Waals surface area contributed by atoms with E-state index in [4.69, 9.17) is 0 Å². The molecular formula is C9H14F2N4O3S. The van der Waals surface area contributed by atoms with Gasteiger partial charge >= 0.3 is 6.43 Å². The highest BCUT2D eigenvalue weighted by atomic mass is 32.2. The summed E-state index contributed by atoms with van der Waals surface area (Å²) in [6, 6.07) is 0. The van der Waals surface area contributed by atoms with Crippen LogP contribution in [0.15, 0.2) is 4.52 Å². The van der Waals surface area contributed by atoms with E-state index in [9.17, 15) is 17.2 Å². The third kappa shape index (κ3) is 3.67. The Bertz CT molecular complexity index is 513. The zero-order valence-corrected chi connectivity index (χ0v) is 10.9. The van der Waals surface area contributed by atoms with Crippen molar-refractivity contribution in [1.29, 1.82) is 0 Å². The SMILES string of the molecule is O=S(=O)(NCc1nc(C(F)F)no1)N1CCCCC1. The number of nitrogens with zero attached hydrogens (tertiary/aromatic N) is 3. The van der Waals surface area contributed by atoms with Crippen molar-refractivity contribution in [3.05, 3.63) is 11.7 Å². The maximum Gasteiger partial charge on any atom is 0.300 e. The number of aromatic nitrogens is 2. The van der Waals surface area contributed by atoms with E-state index in [1.165, 1.54) is 4.31 Å². The summed E-state index contributed by atoms with van der Waals surface area (Å²) in [5, 5.41) is 3.04. The lowest BCUT2D eigenvalue weighted by atomic mass is 10.2. The highest BCUT2D eigenvalue weighted by Gasteiger charge is 2.24. The van der Waals surface area contributed by atoms with Gasteiger partial charge in [0.1, 0.15) is 0 Å². The molecule has 10 heteroatoms. The zero-order chi connectivity index (χ0) is 13.9. The van der Waals surface area contributed by atoms with Crippen LogP contribution in [0.4, 0.5) is 8.78 Å². The van der Waals surface area contributed by atoms with E-state index in [1.807, 2.05) is 0 Å². The number of hydrogen-bond donors (Lipinski definition) is 1. The second-order valence-electron chi connectivity index (χ2n) is 4.13. The first kappa shape index (κ1) is 14.3. The minimum absolute atomic E-state index is 0.184. The number of nitrogens with one attached hydrogen (secondary N) is 1. The molecule has 19 heavy (non-hydrogen) atoms. The molecule has 0 unspecified atom stereocenters. The van der Waals surface area contributed by atoms with E-state index >= 15 is 0 Å². The van der Waals surface area contributed by atoms with Gasteiger partial charge in [-0.3, -0.25) is 0 Å². The fourth-order valence-corrected chi connectivity index (χ4v) is 3.01. The Hall–Kier alpha value is -1.13. The van der Waals surface area contributed by atoms with Crippen LogP contribution in [0.25, 0.3) is 0 Å². The van der Waals surface area contributed by atoms with Crippen LogP contribution in [0.3, 0.4) is 0 Å². The second kappa shape index (κ2) is 5.88. The molecule has 0 saturated carbocycles. The summed E-state index contributed by atoms with van der Waals surface area (Å²) >= 11 is 0. The fourth-order valence-electron chi connectivity index (χ4n) is 1.78. The predicted molar refractivity (Wildman–Crippen MR) is 60.4 cm³/mol. The lowest BCUT2D eigenvalue weighted by Gasteiger charge is -2.25. The topological polar surface area (TPSA) is 88.3 Å². The van der Waals surface area contributed by atoms with Crippen LogP contribution in [0.2, 0.25) is 0 Å². The molecule has 1 saturated heterocycles. The van der Waals surface area contributed by atoms with Gasteiger partial charge in [-0.1, -0.05) is 11.6 Å². The van der Waals surface area contributed by atoms with Gasteiger partial charge in [-0.15, -0.1) is 0 Å².